The Balaban J connectivity index is 0.00000151. The number of likely N-dealkylation sites (N-methyl/N-ethyl adjacent to an activating group) is 1. The van der Waals surface area contributed by atoms with Crippen LogP contribution in [0.15, 0.2) is 0 Å². The average Bonchev–Trinajstić information content (AvgIpc) is 2.73. The molecule has 0 unspecified atom stereocenters. The standard InChI is InChI=1S/C18H33N7O3.C3H8/c1-5-10-27-11-12-28-18-21-16(23(4)13-15(19)26)20-17(22-18)25-8-6-24(7-9-25)14(2)3;1-3-2/h14H,5-13H2,1-4H3,(H2,19,26);3H2,1-2H3. The van der Waals surface area contributed by atoms with Crippen LogP contribution in [0.1, 0.15) is 47.5 Å². The zero-order valence-electron chi connectivity index (χ0n) is 20.1. The summed E-state index contributed by atoms with van der Waals surface area (Å²) in [6, 6.07) is 0.738. The van der Waals surface area contributed by atoms with Crippen molar-refractivity contribution in [3.05, 3.63) is 0 Å². The van der Waals surface area contributed by atoms with Crippen molar-refractivity contribution in [1.82, 2.24) is 19.9 Å². The average molecular weight is 440 g/mol. The topological polar surface area (TPSA) is 110 Å². The van der Waals surface area contributed by atoms with Crippen molar-refractivity contribution in [2.45, 2.75) is 53.5 Å². The molecule has 31 heavy (non-hydrogen) atoms. The van der Waals surface area contributed by atoms with Gasteiger partial charge in [-0.25, -0.2) is 0 Å². The van der Waals surface area contributed by atoms with E-state index in [9.17, 15) is 4.79 Å². The van der Waals surface area contributed by atoms with Gasteiger partial charge >= 0.3 is 6.01 Å². The molecular weight excluding hydrogens is 398 g/mol. The van der Waals surface area contributed by atoms with Crippen molar-refractivity contribution >= 4 is 17.8 Å². The minimum absolute atomic E-state index is 0.0175. The largest absolute Gasteiger partial charge is 0.461 e. The van der Waals surface area contributed by atoms with Crippen molar-refractivity contribution in [3.8, 4) is 6.01 Å². The van der Waals surface area contributed by atoms with Gasteiger partial charge in [0.25, 0.3) is 0 Å². The lowest BCUT2D eigenvalue weighted by atomic mass is 10.2. The molecule has 1 fully saturated rings. The van der Waals surface area contributed by atoms with E-state index in [1.165, 1.54) is 6.42 Å². The Bertz CT molecular complexity index is 637. The Morgan fingerprint density at radius 3 is 2.26 bits per heavy atom. The highest BCUT2D eigenvalue weighted by molar-refractivity contribution is 5.78. The highest BCUT2D eigenvalue weighted by atomic mass is 16.5. The van der Waals surface area contributed by atoms with Gasteiger partial charge in [0.1, 0.15) is 6.61 Å². The number of anilines is 2. The Kier molecular flexibility index (Phi) is 12.8. The number of nitrogens with two attached hydrogens (primary N) is 1. The number of piperazine rings is 1. The maximum absolute atomic E-state index is 11.3. The molecule has 2 heterocycles. The molecule has 0 radical (unpaired) electrons. The maximum atomic E-state index is 11.3. The van der Waals surface area contributed by atoms with E-state index in [0.717, 1.165) is 32.6 Å². The second kappa shape index (κ2) is 14.7. The first-order valence-electron chi connectivity index (χ1n) is 11.3. The summed E-state index contributed by atoms with van der Waals surface area (Å²) in [7, 11) is 1.72. The number of ether oxygens (including phenoxy) is 2. The number of hydrogen-bond acceptors (Lipinski definition) is 9. The van der Waals surface area contributed by atoms with Crippen LogP contribution in [0.4, 0.5) is 11.9 Å². The van der Waals surface area contributed by atoms with E-state index < -0.39 is 5.91 Å². The lowest BCUT2D eigenvalue weighted by molar-refractivity contribution is -0.116. The van der Waals surface area contributed by atoms with Crippen LogP contribution in [0.3, 0.4) is 0 Å². The summed E-state index contributed by atoms with van der Waals surface area (Å²) < 4.78 is 11.1. The number of carbonyl (C=O) groups is 1. The molecule has 1 aliphatic heterocycles. The monoisotopic (exact) mass is 439 g/mol. The molecule has 2 N–H and O–H groups in total. The van der Waals surface area contributed by atoms with Crippen LogP contribution >= 0.6 is 0 Å². The van der Waals surface area contributed by atoms with Gasteiger partial charge in [-0.15, -0.1) is 0 Å². The second-order valence-electron chi connectivity index (χ2n) is 7.83. The fourth-order valence-electron chi connectivity index (χ4n) is 2.89. The first kappa shape index (κ1) is 26.8. The zero-order valence-corrected chi connectivity index (χ0v) is 20.1. The molecule has 1 aromatic rings. The molecule has 178 valence electrons. The molecule has 0 bridgehead atoms. The summed E-state index contributed by atoms with van der Waals surface area (Å²) in [4.78, 5) is 30.7. The van der Waals surface area contributed by atoms with Gasteiger partial charge < -0.3 is 25.0 Å². The van der Waals surface area contributed by atoms with Crippen molar-refractivity contribution in [3.63, 3.8) is 0 Å². The third kappa shape index (κ3) is 10.1. The Morgan fingerprint density at radius 2 is 1.71 bits per heavy atom. The third-order valence-corrected chi connectivity index (χ3v) is 4.46. The summed E-state index contributed by atoms with van der Waals surface area (Å²) in [5.41, 5.74) is 5.30. The van der Waals surface area contributed by atoms with E-state index in [1.807, 2.05) is 0 Å². The van der Waals surface area contributed by atoms with Crippen molar-refractivity contribution in [2.75, 3.05) is 69.4 Å². The lowest BCUT2D eigenvalue weighted by Crippen LogP contribution is -2.49. The predicted octanol–water partition coefficient (Wildman–Crippen LogP) is 1.55. The van der Waals surface area contributed by atoms with Crippen LogP contribution in [0.25, 0.3) is 0 Å². The van der Waals surface area contributed by atoms with Crippen LogP contribution in [0.2, 0.25) is 0 Å². The summed E-state index contributed by atoms with van der Waals surface area (Å²) in [5.74, 6) is 0.458. The van der Waals surface area contributed by atoms with E-state index in [0.29, 0.717) is 37.8 Å². The fraction of sp³-hybridized carbons (Fsp3) is 0.810. The highest BCUT2D eigenvalue weighted by Gasteiger charge is 2.23. The van der Waals surface area contributed by atoms with Crippen molar-refractivity contribution in [1.29, 1.82) is 0 Å². The number of aromatic nitrogens is 3. The minimum Gasteiger partial charge on any atom is -0.461 e. The normalized spacial score (nSPS) is 14.2. The van der Waals surface area contributed by atoms with Crippen LogP contribution < -0.4 is 20.3 Å². The van der Waals surface area contributed by atoms with Crippen molar-refractivity contribution in [2.24, 2.45) is 5.73 Å². The molecule has 0 spiro atoms. The third-order valence-electron chi connectivity index (χ3n) is 4.46. The predicted molar refractivity (Wildman–Crippen MR) is 124 cm³/mol. The molecule has 1 amide bonds. The van der Waals surface area contributed by atoms with Gasteiger partial charge in [-0.3, -0.25) is 9.69 Å². The van der Waals surface area contributed by atoms with Gasteiger partial charge in [-0.05, 0) is 20.3 Å². The van der Waals surface area contributed by atoms with Gasteiger partial charge in [0, 0.05) is 45.9 Å². The number of rotatable bonds is 11. The molecule has 1 saturated heterocycles. The Morgan fingerprint density at radius 1 is 1.06 bits per heavy atom. The Hall–Kier alpha value is -2.20. The molecular formula is C21H41N7O3. The van der Waals surface area contributed by atoms with Crippen molar-refractivity contribution < 1.29 is 14.3 Å². The van der Waals surface area contributed by atoms with E-state index in [1.54, 1.807) is 11.9 Å². The van der Waals surface area contributed by atoms with Gasteiger partial charge in [-0.1, -0.05) is 27.2 Å². The molecule has 0 aliphatic carbocycles. The van der Waals surface area contributed by atoms with Crippen LogP contribution in [-0.4, -0.2) is 91.4 Å². The number of nitrogens with zero attached hydrogens (tertiary/aromatic N) is 6. The van der Waals surface area contributed by atoms with E-state index in [2.05, 4.69) is 59.4 Å². The summed E-state index contributed by atoms with van der Waals surface area (Å²) in [5, 5.41) is 0. The smallest absolute Gasteiger partial charge is 0.323 e. The van der Waals surface area contributed by atoms with E-state index in [-0.39, 0.29) is 12.6 Å². The second-order valence-corrected chi connectivity index (χ2v) is 7.83. The van der Waals surface area contributed by atoms with Gasteiger partial charge in [0.15, 0.2) is 0 Å². The molecule has 0 atom stereocenters. The molecule has 1 aliphatic rings. The first-order chi connectivity index (χ1) is 14.8. The minimum atomic E-state index is -0.453. The van der Waals surface area contributed by atoms with E-state index in [4.69, 9.17) is 15.2 Å². The zero-order chi connectivity index (χ0) is 23.2. The highest BCUT2D eigenvalue weighted by Crippen LogP contribution is 2.19. The number of primary amides is 1. The van der Waals surface area contributed by atoms with Gasteiger partial charge in [-0.2, -0.15) is 15.0 Å². The maximum Gasteiger partial charge on any atom is 0.323 e. The quantitative estimate of drug-likeness (QED) is 0.513. The molecule has 10 nitrogen and oxygen atoms in total. The summed E-state index contributed by atoms with van der Waals surface area (Å²) in [6.45, 7) is 15.7. The van der Waals surface area contributed by atoms with E-state index >= 15 is 0 Å². The summed E-state index contributed by atoms with van der Waals surface area (Å²) in [6.07, 6.45) is 2.21. The first-order valence-corrected chi connectivity index (χ1v) is 11.3. The molecule has 10 heteroatoms. The molecule has 1 aromatic heterocycles. The molecule has 2 rings (SSSR count). The Labute approximate surface area is 187 Å². The number of amides is 1. The van der Waals surface area contributed by atoms with Gasteiger partial charge in [0.05, 0.1) is 13.2 Å². The summed E-state index contributed by atoms with van der Waals surface area (Å²) >= 11 is 0. The van der Waals surface area contributed by atoms with Gasteiger partial charge in [0.2, 0.25) is 17.8 Å². The van der Waals surface area contributed by atoms with Crippen LogP contribution in [0, 0.1) is 0 Å². The van der Waals surface area contributed by atoms with Crippen LogP contribution in [0.5, 0.6) is 6.01 Å². The molecule has 0 aromatic carbocycles. The fourth-order valence-corrected chi connectivity index (χ4v) is 2.89. The van der Waals surface area contributed by atoms with Crippen LogP contribution in [-0.2, 0) is 9.53 Å². The SMILES string of the molecule is CCC.CCCOCCOc1nc(N(C)CC(N)=O)nc(N2CCN(C(C)C)CC2)n1. The lowest BCUT2D eigenvalue weighted by Gasteiger charge is -2.37. The molecule has 0 saturated carbocycles. The number of hydrogen-bond donors (Lipinski definition) is 1. The number of carbonyl (C=O) groups excluding carboxylic acids is 1.